The zero-order chi connectivity index (χ0) is 17.2. The van der Waals surface area contributed by atoms with E-state index in [1.54, 1.807) is 0 Å². The Kier molecular flexibility index (Phi) is 5.07. The number of nitrogens with one attached hydrogen (secondary N) is 1. The third-order valence-electron chi connectivity index (χ3n) is 5.16. The third-order valence-corrected chi connectivity index (χ3v) is 5.16. The number of piperidine rings is 2. The number of rotatable bonds is 4. The minimum Gasteiger partial charge on any atom is -0.395 e. The standard InChI is InChI=1S/C16H28N6O2/c1-21-7-3-12(24)16(10-21)4-2-6-22(11-16)14-9-13(18-5-8-23)19-15(17)20-14/h9,12,23-24H,2-8,10-11H2,1H3,(H3,17,18,19,20)/t12-,16-/m0/s1. The molecule has 2 aliphatic rings. The van der Waals surface area contributed by atoms with Crippen LogP contribution in [0.3, 0.4) is 0 Å². The molecule has 2 aliphatic heterocycles. The van der Waals surface area contributed by atoms with Gasteiger partial charge in [-0.25, -0.2) is 0 Å². The van der Waals surface area contributed by atoms with E-state index >= 15 is 0 Å². The maximum atomic E-state index is 10.6. The van der Waals surface area contributed by atoms with Gasteiger partial charge >= 0.3 is 0 Å². The van der Waals surface area contributed by atoms with Crippen LogP contribution in [0.15, 0.2) is 6.07 Å². The number of nitrogens with two attached hydrogens (primary N) is 1. The molecule has 8 nitrogen and oxygen atoms in total. The van der Waals surface area contributed by atoms with Crippen LogP contribution in [0.1, 0.15) is 19.3 Å². The van der Waals surface area contributed by atoms with Crippen LogP contribution in [0.25, 0.3) is 0 Å². The maximum absolute atomic E-state index is 10.6. The second-order valence-corrected chi connectivity index (χ2v) is 7.05. The zero-order valence-corrected chi connectivity index (χ0v) is 14.3. The van der Waals surface area contributed by atoms with Gasteiger partial charge < -0.3 is 31.1 Å². The fourth-order valence-electron chi connectivity index (χ4n) is 4.02. The fraction of sp³-hybridized carbons (Fsp3) is 0.750. The summed E-state index contributed by atoms with van der Waals surface area (Å²) in [5.74, 6) is 1.61. The predicted octanol–water partition coefficient (Wildman–Crippen LogP) is -0.254. The average molecular weight is 336 g/mol. The SMILES string of the molecule is CN1CC[C@H](O)[C@@]2(CCCN(c3cc(NCCO)nc(N)n3)C2)C1. The number of nitrogens with zero attached hydrogens (tertiary/aromatic N) is 4. The molecule has 0 aromatic carbocycles. The maximum Gasteiger partial charge on any atom is 0.223 e. The van der Waals surface area contributed by atoms with Crippen LogP contribution in [0.2, 0.25) is 0 Å². The lowest BCUT2D eigenvalue weighted by atomic mass is 9.71. The molecule has 0 amide bonds. The highest BCUT2D eigenvalue weighted by Crippen LogP contribution is 2.39. The molecule has 1 aromatic rings. The van der Waals surface area contributed by atoms with Gasteiger partial charge in [0.05, 0.1) is 12.7 Å². The molecule has 1 aromatic heterocycles. The summed E-state index contributed by atoms with van der Waals surface area (Å²) in [6.45, 7) is 3.97. The van der Waals surface area contributed by atoms with Crippen LogP contribution >= 0.6 is 0 Å². The zero-order valence-electron chi connectivity index (χ0n) is 14.3. The van der Waals surface area contributed by atoms with E-state index in [2.05, 4.69) is 32.1 Å². The second-order valence-electron chi connectivity index (χ2n) is 7.05. The normalized spacial score (nSPS) is 28.3. The summed E-state index contributed by atoms with van der Waals surface area (Å²) in [5, 5.41) is 22.6. The Hall–Kier alpha value is -1.64. The van der Waals surface area contributed by atoms with E-state index in [1.807, 2.05) is 6.07 Å². The number of aliphatic hydroxyl groups excluding tert-OH is 2. The third kappa shape index (κ3) is 3.55. The van der Waals surface area contributed by atoms with E-state index < -0.39 is 0 Å². The molecule has 5 N–H and O–H groups in total. The molecule has 2 fully saturated rings. The Morgan fingerprint density at radius 2 is 2.21 bits per heavy atom. The Balaban J connectivity index is 1.80. The van der Waals surface area contributed by atoms with Gasteiger partial charge in [0.15, 0.2) is 0 Å². The van der Waals surface area contributed by atoms with Gasteiger partial charge in [-0.05, 0) is 26.3 Å². The van der Waals surface area contributed by atoms with Crippen molar-refractivity contribution < 1.29 is 10.2 Å². The Morgan fingerprint density at radius 1 is 1.38 bits per heavy atom. The molecule has 1 spiro atoms. The number of anilines is 3. The highest BCUT2D eigenvalue weighted by atomic mass is 16.3. The largest absolute Gasteiger partial charge is 0.395 e. The van der Waals surface area contributed by atoms with E-state index in [0.29, 0.717) is 12.4 Å². The van der Waals surface area contributed by atoms with E-state index in [9.17, 15) is 5.11 Å². The van der Waals surface area contributed by atoms with E-state index in [-0.39, 0.29) is 24.1 Å². The molecular weight excluding hydrogens is 308 g/mol. The molecular formula is C16H28N6O2. The summed E-state index contributed by atoms with van der Waals surface area (Å²) in [5.41, 5.74) is 5.74. The van der Waals surface area contributed by atoms with E-state index in [1.165, 1.54) is 0 Å². The molecule has 2 saturated heterocycles. The summed E-state index contributed by atoms with van der Waals surface area (Å²) in [6, 6.07) is 1.87. The molecule has 0 saturated carbocycles. The lowest BCUT2D eigenvalue weighted by Crippen LogP contribution is -2.58. The molecule has 3 rings (SSSR count). The van der Waals surface area contributed by atoms with Crippen molar-refractivity contribution in [2.75, 3.05) is 62.3 Å². The van der Waals surface area contributed by atoms with Gasteiger partial charge in [0.1, 0.15) is 11.6 Å². The first-order valence-corrected chi connectivity index (χ1v) is 8.63. The molecule has 0 radical (unpaired) electrons. The topological polar surface area (TPSA) is 111 Å². The second kappa shape index (κ2) is 7.08. The van der Waals surface area contributed by atoms with Crippen molar-refractivity contribution in [2.24, 2.45) is 5.41 Å². The summed E-state index contributed by atoms with van der Waals surface area (Å²) >= 11 is 0. The highest BCUT2D eigenvalue weighted by molar-refractivity contribution is 5.53. The van der Waals surface area contributed by atoms with Crippen LogP contribution in [0.5, 0.6) is 0 Å². The average Bonchev–Trinajstić information content (AvgIpc) is 2.56. The molecule has 0 unspecified atom stereocenters. The molecule has 0 aliphatic carbocycles. The van der Waals surface area contributed by atoms with Crippen molar-refractivity contribution in [3.05, 3.63) is 6.07 Å². The minimum atomic E-state index is -0.275. The summed E-state index contributed by atoms with van der Waals surface area (Å²) in [4.78, 5) is 13.0. The van der Waals surface area contributed by atoms with E-state index in [0.717, 1.165) is 51.3 Å². The number of hydrogen-bond donors (Lipinski definition) is 4. The number of hydrogen-bond acceptors (Lipinski definition) is 8. The van der Waals surface area contributed by atoms with Gasteiger partial charge in [-0.2, -0.15) is 9.97 Å². The predicted molar refractivity (Wildman–Crippen MR) is 94.0 cm³/mol. The van der Waals surface area contributed by atoms with Crippen molar-refractivity contribution >= 4 is 17.6 Å². The van der Waals surface area contributed by atoms with Crippen LogP contribution in [0, 0.1) is 5.41 Å². The van der Waals surface area contributed by atoms with Crippen molar-refractivity contribution in [3.63, 3.8) is 0 Å². The lowest BCUT2D eigenvalue weighted by Gasteiger charge is -2.50. The van der Waals surface area contributed by atoms with Crippen molar-refractivity contribution in [2.45, 2.75) is 25.4 Å². The lowest BCUT2D eigenvalue weighted by molar-refractivity contribution is -0.0466. The highest BCUT2D eigenvalue weighted by Gasteiger charge is 2.45. The van der Waals surface area contributed by atoms with Crippen molar-refractivity contribution in [1.82, 2.24) is 14.9 Å². The number of likely N-dealkylation sites (tertiary alicyclic amines) is 1. The van der Waals surface area contributed by atoms with Crippen molar-refractivity contribution in [1.29, 1.82) is 0 Å². The monoisotopic (exact) mass is 336 g/mol. The number of aliphatic hydroxyl groups is 2. The van der Waals surface area contributed by atoms with Crippen LogP contribution in [-0.4, -0.2) is 77.6 Å². The van der Waals surface area contributed by atoms with Gasteiger partial charge in [0.25, 0.3) is 0 Å². The summed E-state index contributed by atoms with van der Waals surface area (Å²) < 4.78 is 0. The molecule has 24 heavy (non-hydrogen) atoms. The van der Waals surface area contributed by atoms with Crippen LogP contribution in [-0.2, 0) is 0 Å². The van der Waals surface area contributed by atoms with Gasteiger partial charge in [-0.3, -0.25) is 0 Å². The van der Waals surface area contributed by atoms with Gasteiger partial charge in [-0.1, -0.05) is 0 Å². The fourth-order valence-corrected chi connectivity index (χ4v) is 4.02. The Morgan fingerprint density at radius 3 is 3.00 bits per heavy atom. The van der Waals surface area contributed by atoms with Gasteiger partial charge in [0, 0.05) is 44.2 Å². The molecule has 2 atom stereocenters. The molecule has 0 bridgehead atoms. The molecule has 8 heteroatoms. The smallest absolute Gasteiger partial charge is 0.223 e. The molecule has 134 valence electrons. The Labute approximate surface area is 142 Å². The van der Waals surface area contributed by atoms with Gasteiger partial charge in [-0.15, -0.1) is 0 Å². The number of nitrogen functional groups attached to an aromatic ring is 1. The van der Waals surface area contributed by atoms with Gasteiger partial charge in [0.2, 0.25) is 5.95 Å². The first-order valence-electron chi connectivity index (χ1n) is 8.63. The minimum absolute atomic E-state index is 0.0323. The summed E-state index contributed by atoms with van der Waals surface area (Å²) in [6.07, 6.45) is 2.60. The van der Waals surface area contributed by atoms with Crippen LogP contribution in [0.4, 0.5) is 17.6 Å². The quantitative estimate of drug-likeness (QED) is 0.595. The van der Waals surface area contributed by atoms with E-state index in [4.69, 9.17) is 10.8 Å². The molecule has 3 heterocycles. The first kappa shape index (κ1) is 17.2. The van der Waals surface area contributed by atoms with Crippen LogP contribution < -0.4 is 16.0 Å². The summed E-state index contributed by atoms with van der Waals surface area (Å²) in [7, 11) is 2.12. The first-order chi connectivity index (χ1) is 11.5. The Bertz CT molecular complexity index is 571. The van der Waals surface area contributed by atoms with Crippen molar-refractivity contribution in [3.8, 4) is 0 Å². The number of aromatic nitrogens is 2.